The summed E-state index contributed by atoms with van der Waals surface area (Å²) in [5, 5.41) is 8.54. The molecule has 24 heavy (non-hydrogen) atoms. The maximum Gasteiger partial charge on any atom is 0.163 e. The second-order valence-corrected chi connectivity index (χ2v) is 5.89. The standard InChI is InChI=1S/C18H16ClN3O2/c1-12-3-2-4-13(9-12)18-15(11-19)20-21-22(18)14-5-6-16-17(10-14)24-8-7-23-16/h2-6,9-10H,7-8,11H2,1H3. The van der Waals surface area contributed by atoms with Gasteiger partial charge in [-0.3, -0.25) is 0 Å². The molecule has 0 atom stereocenters. The van der Waals surface area contributed by atoms with E-state index in [9.17, 15) is 0 Å². The van der Waals surface area contributed by atoms with Gasteiger partial charge in [-0.2, -0.15) is 0 Å². The van der Waals surface area contributed by atoms with Crippen molar-refractivity contribution in [2.24, 2.45) is 0 Å². The van der Waals surface area contributed by atoms with Gasteiger partial charge in [0, 0.05) is 11.6 Å². The van der Waals surface area contributed by atoms with Crippen molar-refractivity contribution in [2.75, 3.05) is 13.2 Å². The molecule has 3 aromatic rings. The Morgan fingerprint density at radius 2 is 1.92 bits per heavy atom. The van der Waals surface area contributed by atoms with Crippen molar-refractivity contribution >= 4 is 11.6 Å². The average molecular weight is 342 g/mol. The van der Waals surface area contributed by atoms with Crippen molar-refractivity contribution in [3.63, 3.8) is 0 Å². The molecule has 0 radical (unpaired) electrons. The van der Waals surface area contributed by atoms with Crippen LogP contribution in [0.3, 0.4) is 0 Å². The molecule has 5 nitrogen and oxygen atoms in total. The van der Waals surface area contributed by atoms with Crippen molar-refractivity contribution in [1.29, 1.82) is 0 Å². The molecule has 0 N–H and O–H groups in total. The summed E-state index contributed by atoms with van der Waals surface area (Å²) in [5.41, 5.74) is 4.70. The van der Waals surface area contributed by atoms with E-state index >= 15 is 0 Å². The van der Waals surface area contributed by atoms with Gasteiger partial charge >= 0.3 is 0 Å². The molecule has 0 spiro atoms. The van der Waals surface area contributed by atoms with Crippen LogP contribution in [0.1, 0.15) is 11.3 Å². The summed E-state index contributed by atoms with van der Waals surface area (Å²) in [6.45, 7) is 3.17. The van der Waals surface area contributed by atoms with Crippen LogP contribution in [0.2, 0.25) is 0 Å². The first kappa shape index (κ1) is 15.0. The van der Waals surface area contributed by atoms with E-state index in [1.807, 2.05) is 30.3 Å². The van der Waals surface area contributed by atoms with Crippen molar-refractivity contribution in [3.05, 3.63) is 53.7 Å². The fourth-order valence-electron chi connectivity index (χ4n) is 2.83. The molecule has 0 fully saturated rings. The fraction of sp³-hybridized carbons (Fsp3) is 0.222. The van der Waals surface area contributed by atoms with Crippen LogP contribution in [0, 0.1) is 6.92 Å². The first-order chi connectivity index (χ1) is 11.8. The number of nitrogens with zero attached hydrogens (tertiary/aromatic N) is 3. The van der Waals surface area contributed by atoms with Crippen LogP contribution in [0.5, 0.6) is 11.5 Å². The Labute approximate surface area is 144 Å². The number of aromatic nitrogens is 3. The minimum Gasteiger partial charge on any atom is -0.486 e. The first-order valence-electron chi connectivity index (χ1n) is 7.74. The summed E-state index contributed by atoms with van der Waals surface area (Å²) in [7, 11) is 0. The third-order valence-electron chi connectivity index (χ3n) is 3.93. The topological polar surface area (TPSA) is 49.2 Å². The number of fused-ring (bicyclic) bond motifs is 1. The van der Waals surface area contributed by atoms with Gasteiger partial charge in [0.25, 0.3) is 0 Å². The molecule has 1 aromatic heterocycles. The van der Waals surface area contributed by atoms with Crippen molar-refractivity contribution in [2.45, 2.75) is 12.8 Å². The summed E-state index contributed by atoms with van der Waals surface area (Å²) >= 11 is 6.08. The monoisotopic (exact) mass is 341 g/mol. The Hall–Kier alpha value is -2.53. The van der Waals surface area contributed by atoms with Gasteiger partial charge in [0.1, 0.15) is 18.9 Å². The molecular weight excluding hydrogens is 326 g/mol. The van der Waals surface area contributed by atoms with E-state index in [0.717, 1.165) is 34.1 Å². The number of ether oxygens (including phenoxy) is 2. The Morgan fingerprint density at radius 3 is 2.71 bits per heavy atom. The lowest BCUT2D eigenvalue weighted by Crippen LogP contribution is -2.15. The molecule has 0 bridgehead atoms. The van der Waals surface area contributed by atoms with E-state index in [0.29, 0.717) is 19.1 Å². The largest absolute Gasteiger partial charge is 0.486 e. The summed E-state index contributed by atoms with van der Waals surface area (Å²) in [6.07, 6.45) is 0. The molecule has 0 saturated carbocycles. The number of benzene rings is 2. The van der Waals surface area contributed by atoms with Gasteiger partial charge < -0.3 is 9.47 Å². The molecule has 122 valence electrons. The highest BCUT2D eigenvalue weighted by Gasteiger charge is 2.18. The molecule has 6 heteroatoms. The molecule has 2 heterocycles. The minimum absolute atomic E-state index is 0.299. The number of halogens is 1. The maximum absolute atomic E-state index is 6.08. The predicted octanol–water partition coefficient (Wildman–Crippen LogP) is 3.75. The predicted molar refractivity (Wildman–Crippen MR) is 92.1 cm³/mol. The minimum atomic E-state index is 0.299. The van der Waals surface area contributed by atoms with Crippen LogP contribution >= 0.6 is 11.6 Å². The zero-order chi connectivity index (χ0) is 16.5. The van der Waals surface area contributed by atoms with E-state index in [4.69, 9.17) is 21.1 Å². The second-order valence-electron chi connectivity index (χ2n) is 5.63. The van der Waals surface area contributed by atoms with E-state index in [1.165, 1.54) is 5.56 Å². The second kappa shape index (κ2) is 6.17. The Morgan fingerprint density at radius 1 is 1.08 bits per heavy atom. The summed E-state index contributed by atoms with van der Waals surface area (Å²) in [4.78, 5) is 0. The molecule has 0 unspecified atom stereocenters. The number of hydrogen-bond donors (Lipinski definition) is 0. The van der Waals surface area contributed by atoms with E-state index in [1.54, 1.807) is 4.68 Å². The van der Waals surface area contributed by atoms with Crippen molar-refractivity contribution in [3.8, 4) is 28.4 Å². The Kier molecular flexibility index (Phi) is 3.86. The van der Waals surface area contributed by atoms with Crippen LogP contribution < -0.4 is 9.47 Å². The van der Waals surface area contributed by atoms with Gasteiger partial charge in [-0.15, -0.1) is 16.7 Å². The molecule has 0 saturated heterocycles. The summed E-state index contributed by atoms with van der Waals surface area (Å²) < 4.78 is 13.0. The zero-order valence-corrected chi connectivity index (χ0v) is 14.0. The van der Waals surface area contributed by atoms with Gasteiger partial charge in [0.2, 0.25) is 0 Å². The molecule has 1 aliphatic rings. The molecule has 4 rings (SSSR count). The summed E-state index contributed by atoms with van der Waals surface area (Å²) in [5.74, 6) is 1.77. The number of alkyl halides is 1. The smallest absolute Gasteiger partial charge is 0.163 e. The van der Waals surface area contributed by atoms with E-state index in [2.05, 4.69) is 29.4 Å². The lowest BCUT2D eigenvalue weighted by molar-refractivity contribution is 0.171. The van der Waals surface area contributed by atoms with Gasteiger partial charge in [0.05, 0.1) is 17.3 Å². The number of rotatable bonds is 3. The average Bonchev–Trinajstić information content (AvgIpc) is 3.05. The Balaban J connectivity index is 1.86. The van der Waals surface area contributed by atoms with Gasteiger partial charge in [-0.25, -0.2) is 4.68 Å². The number of aryl methyl sites for hydroxylation is 1. The Bertz CT molecular complexity index is 892. The van der Waals surface area contributed by atoms with Crippen molar-refractivity contribution < 1.29 is 9.47 Å². The lowest BCUT2D eigenvalue weighted by Gasteiger charge is -2.19. The van der Waals surface area contributed by atoms with Crippen LogP contribution in [-0.4, -0.2) is 28.2 Å². The van der Waals surface area contributed by atoms with E-state index < -0.39 is 0 Å². The van der Waals surface area contributed by atoms with Crippen LogP contribution in [0.15, 0.2) is 42.5 Å². The normalized spacial score (nSPS) is 13.1. The molecule has 0 aliphatic carbocycles. The van der Waals surface area contributed by atoms with Crippen LogP contribution in [0.4, 0.5) is 0 Å². The third-order valence-corrected chi connectivity index (χ3v) is 4.18. The molecular formula is C18H16ClN3O2. The SMILES string of the molecule is Cc1cccc(-c2c(CCl)nnn2-c2ccc3c(c2)OCCO3)c1. The quantitative estimate of drug-likeness (QED) is 0.681. The highest BCUT2D eigenvalue weighted by molar-refractivity contribution is 6.17. The highest BCUT2D eigenvalue weighted by atomic mass is 35.5. The third kappa shape index (κ3) is 2.61. The van der Waals surface area contributed by atoms with Gasteiger partial charge in [-0.05, 0) is 25.1 Å². The first-order valence-corrected chi connectivity index (χ1v) is 8.27. The molecule has 2 aromatic carbocycles. The lowest BCUT2D eigenvalue weighted by atomic mass is 10.1. The zero-order valence-electron chi connectivity index (χ0n) is 13.2. The summed E-state index contributed by atoms with van der Waals surface area (Å²) in [6, 6.07) is 14.0. The highest BCUT2D eigenvalue weighted by Crippen LogP contribution is 2.34. The van der Waals surface area contributed by atoms with Crippen LogP contribution in [-0.2, 0) is 5.88 Å². The number of hydrogen-bond acceptors (Lipinski definition) is 4. The van der Waals surface area contributed by atoms with Crippen molar-refractivity contribution in [1.82, 2.24) is 15.0 Å². The van der Waals surface area contributed by atoms with Gasteiger partial charge in [-0.1, -0.05) is 29.0 Å². The fourth-order valence-corrected chi connectivity index (χ4v) is 3.01. The molecule has 0 amide bonds. The molecule has 1 aliphatic heterocycles. The maximum atomic E-state index is 6.08. The van der Waals surface area contributed by atoms with E-state index in [-0.39, 0.29) is 0 Å². The van der Waals surface area contributed by atoms with Gasteiger partial charge in [0.15, 0.2) is 11.5 Å². The van der Waals surface area contributed by atoms with Crippen LogP contribution in [0.25, 0.3) is 16.9 Å².